The zero-order valence-corrected chi connectivity index (χ0v) is 33.0. The highest BCUT2D eigenvalue weighted by molar-refractivity contribution is 6.74. The molecule has 1 heterocycles. The van der Waals surface area contributed by atoms with Crippen LogP contribution in [0, 0.1) is 0 Å². The van der Waals surface area contributed by atoms with Crippen molar-refractivity contribution in [3.8, 4) is 22.6 Å². The summed E-state index contributed by atoms with van der Waals surface area (Å²) < 4.78 is 18.8. The number of aromatic amines is 1. The van der Waals surface area contributed by atoms with Crippen molar-refractivity contribution in [2.45, 2.75) is 109 Å². The van der Waals surface area contributed by atoms with E-state index >= 15 is 0 Å². The Morgan fingerprint density at radius 1 is 0.962 bits per heavy atom. The quantitative estimate of drug-likeness (QED) is 0.0565. The van der Waals surface area contributed by atoms with Gasteiger partial charge in [-0.25, -0.2) is 4.79 Å². The van der Waals surface area contributed by atoms with Gasteiger partial charge >= 0.3 is 6.09 Å². The normalized spacial score (nSPS) is 17.0. The Bertz CT molecular complexity index is 1850. The van der Waals surface area contributed by atoms with Crippen LogP contribution in [-0.2, 0) is 9.16 Å². The summed E-state index contributed by atoms with van der Waals surface area (Å²) in [4.78, 5) is 27.7. The third kappa shape index (κ3) is 11.2. The second-order valence-corrected chi connectivity index (χ2v) is 20.5. The molecule has 1 aromatic heterocycles. The van der Waals surface area contributed by atoms with E-state index in [1.807, 2.05) is 54.6 Å². The molecule has 1 atom stereocenters. The van der Waals surface area contributed by atoms with Gasteiger partial charge in [-0.05, 0) is 98.6 Å². The molecule has 0 radical (unpaired) electrons. The van der Waals surface area contributed by atoms with Crippen LogP contribution in [0.5, 0.6) is 11.5 Å². The van der Waals surface area contributed by atoms with Crippen molar-refractivity contribution in [1.82, 2.24) is 10.3 Å². The first kappa shape index (κ1) is 40.0. The topological polar surface area (TPSA) is 148 Å². The smallest absolute Gasteiger partial charge is 0.411 e. The van der Waals surface area contributed by atoms with E-state index in [-0.39, 0.29) is 34.6 Å². The predicted octanol–water partition coefficient (Wildman–Crippen LogP) is 9.01. The van der Waals surface area contributed by atoms with Gasteiger partial charge in [0.1, 0.15) is 17.6 Å². The van der Waals surface area contributed by atoms with E-state index in [1.54, 1.807) is 12.1 Å². The van der Waals surface area contributed by atoms with E-state index in [2.05, 4.69) is 49.5 Å². The minimum absolute atomic E-state index is 0.0201. The molecular weight excluding hydrogens is 685 g/mol. The molecule has 6 N–H and O–H groups in total. The Labute approximate surface area is 315 Å². The lowest BCUT2D eigenvalue weighted by atomic mass is 9.94. The lowest BCUT2D eigenvalue weighted by Gasteiger charge is -2.39. The molecule has 1 saturated carbocycles. The molecule has 10 nitrogen and oxygen atoms in total. The van der Waals surface area contributed by atoms with Crippen molar-refractivity contribution in [2.75, 3.05) is 25.0 Å². The summed E-state index contributed by atoms with van der Waals surface area (Å²) >= 11 is 0. The van der Waals surface area contributed by atoms with Crippen molar-refractivity contribution in [3.63, 3.8) is 0 Å². The van der Waals surface area contributed by atoms with Crippen LogP contribution in [-0.4, -0.2) is 56.3 Å². The summed E-state index contributed by atoms with van der Waals surface area (Å²) in [5.74, 6) is 0.746. The number of carbonyl (C=O) groups excluding carboxylic acids is 1. The number of H-pyrrole nitrogens is 1. The van der Waals surface area contributed by atoms with Gasteiger partial charge in [-0.15, -0.1) is 0 Å². The van der Waals surface area contributed by atoms with E-state index in [9.17, 15) is 14.7 Å². The third-order valence-electron chi connectivity index (χ3n) is 10.6. The van der Waals surface area contributed by atoms with E-state index in [4.69, 9.17) is 19.6 Å². The fourth-order valence-electron chi connectivity index (χ4n) is 6.50. The number of benzene rings is 3. The van der Waals surface area contributed by atoms with Crippen molar-refractivity contribution < 1.29 is 23.8 Å². The summed E-state index contributed by atoms with van der Waals surface area (Å²) in [5.41, 5.74) is 9.71. The van der Waals surface area contributed by atoms with Gasteiger partial charge in [-0.1, -0.05) is 70.0 Å². The fraction of sp³-hybridized carbons (Fsp3) is 0.476. The van der Waals surface area contributed by atoms with Crippen LogP contribution >= 0.6 is 0 Å². The molecule has 0 bridgehead atoms. The Morgan fingerprint density at radius 3 is 2.43 bits per heavy atom. The van der Waals surface area contributed by atoms with Gasteiger partial charge < -0.3 is 35.0 Å². The average molecular weight is 743 g/mol. The number of hydrogen-bond acceptors (Lipinski definition) is 8. The van der Waals surface area contributed by atoms with E-state index in [0.29, 0.717) is 30.1 Å². The monoisotopic (exact) mass is 742 g/mol. The Balaban J connectivity index is 1.11. The van der Waals surface area contributed by atoms with Crippen molar-refractivity contribution in [1.29, 1.82) is 0 Å². The number of carbonyl (C=O) groups is 1. The Kier molecular flexibility index (Phi) is 13.8. The van der Waals surface area contributed by atoms with Crippen LogP contribution in [0.1, 0.15) is 83.8 Å². The molecule has 5 rings (SSSR count). The molecule has 1 aliphatic rings. The number of aromatic hydroxyl groups is 1. The highest BCUT2D eigenvalue weighted by atomic mass is 28.4. The summed E-state index contributed by atoms with van der Waals surface area (Å²) in [6.45, 7) is 13.2. The lowest BCUT2D eigenvalue weighted by molar-refractivity contribution is 0.0826. The molecule has 286 valence electrons. The standard InChI is InChI=1S/C42H58N4O6Si/c1-42(2,3)53(4,5)52-38(34-21-23-37(47)40-35(34)22-24-39(48)46-40)28-44-25-11-6-7-12-26-50-32-19-20-33(29-13-9-8-10-14-29)36(27-32)45-41(49)51-31-17-15-30(43)16-18-31/h8-10,13-14,19-24,27,30-31,38,44,47H,6-7,11-12,15-18,25-26,28,43H2,1-5H3,(H,45,49)(H,46,48)/t30?,31?,38-/m0/s1. The predicted molar refractivity (Wildman–Crippen MR) is 216 cm³/mol. The zero-order valence-electron chi connectivity index (χ0n) is 32.0. The minimum atomic E-state index is -2.14. The number of aromatic nitrogens is 1. The molecule has 0 saturated heterocycles. The number of phenols is 1. The number of nitrogens with two attached hydrogens (primary N) is 1. The van der Waals surface area contributed by atoms with Crippen LogP contribution in [0.2, 0.25) is 18.1 Å². The largest absolute Gasteiger partial charge is 0.506 e. The maximum absolute atomic E-state index is 12.9. The number of hydrogen-bond donors (Lipinski definition) is 5. The second-order valence-electron chi connectivity index (χ2n) is 15.8. The van der Waals surface area contributed by atoms with Crippen LogP contribution < -0.4 is 26.7 Å². The number of unbranched alkanes of at least 4 members (excludes halogenated alkanes) is 3. The molecule has 4 aromatic rings. The highest BCUT2D eigenvalue weighted by Crippen LogP contribution is 2.41. The molecule has 53 heavy (non-hydrogen) atoms. The molecule has 1 aliphatic carbocycles. The molecule has 1 fully saturated rings. The van der Waals surface area contributed by atoms with Crippen molar-refractivity contribution >= 4 is 31.0 Å². The van der Waals surface area contributed by atoms with E-state index < -0.39 is 14.4 Å². The first-order valence-corrected chi connectivity index (χ1v) is 22.0. The summed E-state index contributed by atoms with van der Waals surface area (Å²) in [6.07, 6.45) is 6.46. The summed E-state index contributed by atoms with van der Waals surface area (Å²) in [5, 5.41) is 17.9. The lowest BCUT2D eigenvalue weighted by Crippen LogP contribution is -2.43. The van der Waals surface area contributed by atoms with Crippen molar-refractivity contribution in [3.05, 3.63) is 88.7 Å². The van der Waals surface area contributed by atoms with Gasteiger partial charge in [0.15, 0.2) is 8.32 Å². The van der Waals surface area contributed by atoms with Gasteiger partial charge in [0, 0.05) is 35.7 Å². The van der Waals surface area contributed by atoms with Gasteiger partial charge in [-0.3, -0.25) is 10.1 Å². The minimum Gasteiger partial charge on any atom is -0.506 e. The van der Waals surface area contributed by atoms with Crippen LogP contribution in [0.3, 0.4) is 0 Å². The number of fused-ring (bicyclic) bond motifs is 1. The molecule has 11 heteroatoms. The number of phenolic OH excluding ortho intramolecular Hbond substituents is 1. The summed E-state index contributed by atoms with van der Waals surface area (Å²) in [6, 6.07) is 22.8. The molecule has 0 spiro atoms. The first-order valence-electron chi connectivity index (χ1n) is 19.1. The third-order valence-corrected chi connectivity index (χ3v) is 15.1. The van der Waals surface area contributed by atoms with Gasteiger partial charge in [-0.2, -0.15) is 0 Å². The maximum atomic E-state index is 12.9. The van der Waals surface area contributed by atoms with Crippen LogP contribution in [0.15, 0.2) is 77.6 Å². The number of anilines is 1. The first-order chi connectivity index (χ1) is 25.3. The Morgan fingerprint density at radius 2 is 1.70 bits per heavy atom. The molecule has 0 aliphatic heterocycles. The molecular formula is C42H58N4O6Si. The number of amides is 1. The zero-order chi connectivity index (χ0) is 38.0. The van der Waals surface area contributed by atoms with Crippen LogP contribution in [0.25, 0.3) is 22.0 Å². The number of pyridine rings is 1. The van der Waals surface area contributed by atoms with E-state index in [0.717, 1.165) is 80.0 Å². The molecule has 3 aromatic carbocycles. The van der Waals surface area contributed by atoms with Crippen molar-refractivity contribution in [2.24, 2.45) is 5.73 Å². The number of ether oxygens (including phenoxy) is 2. The van der Waals surface area contributed by atoms with Gasteiger partial charge in [0.05, 0.1) is 23.9 Å². The SMILES string of the molecule is CC(C)(C)[Si](C)(C)O[C@@H](CNCCCCCCOc1ccc(-c2ccccc2)c(NC(=O)OC2CCC(N)CC2)c1)c1ccc(O)c2[nH]c(=O)ccc12. The Hall–Kier alpha value is -4.16. The highest BCUT2D eigenvalue weighted by Gasteiger charge is 2.39. The fourth-order valence-corrected chi connectivity index (χ4v) is 7.77. The summed E-state index contributed by atoms with van der Waals surface area (Å²) in [7, 11) is -2.14. The van der Waals surface area contributed by atoms with Gasteiger partial charge in [0.2, 0.25) is 5.56 Å². The average Bonchev–Trinajstić information content (AvgIpc) is 3.12. The van der Waals surface area contributed by atoms with Crippen LogP contribution in [0.4, 0.5) is 10.5 Å². The number of rotatable bonds is 16. The van der Waals surface area contributed by atoms with E-state index in [1.165, 1.54) is 6.07 Å². The van der Waals surface area contributed by atoms with Gasteiger partial charge in [0.25, 0.3) is 0 Å². The number of nitrogens with one attached hydrogen (secondary N) is 3. The maximum Gasteiger partial charge on any atom is 0.411 e. The second kappa shape index (κ2) is 18.2. The molecule has 0 unspecified atom stereocenters. The molecule has 1 amide bonds.